The molecular weight excluding hydrogens is 238 g/mol. The fourth-order valence-electron chi connectivity index (χ4n) is 2.03. The molecule has 0 aromatic heterocycles. The molecule has 0 bridgehead atoms. The van der Waals surface area contributed by atoms with Crippen molar-refractivity contribution in [1.29, 1.82) is 0 Å². The van der Waals surface area contributed by atoms with Crippen LogP contribution in [0.1, 0.15) is 38.5 Å². The highest BCUT2D eigenvalue weighted by molar-refractivity contribution is 5.35. The highest BCUT2D eigenvalue weighted by Crippen LogP contribution is 2.33. The van der Waals surface area contributed by atoms with Crippen LogP contribution in [-0.2, 0) is 0 Å². The van der Waals surface area contributed by atoms with Gasteiger partial charge in [-0.3, -0.25) is 0 Å². The summed E-state index contributed by atoms with van der Waals surface area (Å²) in [5, 5.41) is 0. The van der Waals surface area contributed by atoms with E-state index < -0.39 is 11.6 Å². The molecule has 0 N–H and O–H groups in total. The second-order valence-corrected chi connectivity index (χ2v) is 5.03. The van der Waals surface area contributed by atoms with E-state index in [-0.39, 0.29) is 23.7 Å². The summed E-state index contributed by atoms with van der Waals surface area (Å²) in [6, 6.07) is 2.93. The van der Waals surface area contributed by atoms with Crippen LogP contribution in [0.4, 0.5) is 8.78 Å². The van der Waals surface area contributed by atoms with E-state index in [1.165, 1.54) is 12.1 Å². The second-order valence-electron chi connectivity index (χ2n) is 5.03. The molecule has 0 heterocycles. The molecule has 1 aromatic rings. The van der Waals surface area contributed by atoms with E-state index in [4.69, 9.17) is 9.47 Å². The topological polar surface area (TPSA) is 18.5 Å². The lowest BCUT2D eigenvalue weighted by Gasteiger charge is -2.28. The monoisotopic (exact) mass is 254 g/mol. The van der Waals surface area contributed by atoms with E-state index >= 15 is 0 Å². The van der Waals surface area contributed by atoms with Gasteiger partial charge in [-0.05, 0) is 50.7 Å². The molecule has 0 aliphatic heterocycles. The van der Waals surface area contributed by atoms with E-state index in [0.717, 1.165) is 38.5 Å². The summed E-state index contributed by atoms with van der Waals surface area (Å²) in [6.07, 6.45) is 5.94. The minimum atomic E-state index is -0.932. The van der Waals surface area contributed by atoms with Gasteiger partial charge in [-0.25, -0.2) is 0 Å². The summed E-state index contributed by atoms with van der Waals surface area (Å²) >= 11 is 0. The summed E-state index contributed by atoms with van der Waals surface area (Å²) < 4.78 is 38.3. The minimum Gasteiger partial charge on any atom is -0.487 e. The molecule has 0 spiro atoms. The van der Waals surface area contributed by atoms with Gasteiger partial charge in [0, 0.05) is 0 Å². The van der Waals surface area contributed by atoms with Crippen LogP contribution in [0.5, 0.6) is 11.5 Å². The first-order valence-electron chi connectivity index (χ1n) is 6.55. The maximum Gasteiger partial charge on any atom is 0.204 e. The third kappa shape index (κ3) is 2.16. The van der Waals surface area contributed by atoms with E-state index in [9.17, 15) is 8.78 Å². The Labute approximate surface area is 105 Å². The number of hydrogen-bond donors (Lipinski definition) is 0. The summed E-state index contributed by atoms with van der Waals surface area (Å²) in [5.41, 5.74) is 0. The molecule has 2 fully saturated rings. The Bertz CT molecular complexity index is 399. The molecule has 0 amide bonds. The first-order valence-corrected chi connectivity index (χ1v) is 6.55. The lowest BCUT2D eigenvalue weighted by molar-refractivity contribution is 0.105. The summed E-state index contributed by atoms with van der Waals surface area (Å²) in [5.74, 6) is -1.87. The van der Waals surface area contributed by atoms with Gasteiger partial charge in [0.2, 0.25) is 11.6 Å². The van der Waals surface area contributed by atoms with Crippen molar-refractivity contribution in [3.8, 4) is 11.5 Å². The van der Waals surface area contributed by atoms with Gasteiger partial charge in [0.1, 0.15) is 0 Å². The van der Waals surface area contributed by atoms with Crippen LogP contribution in [-0.4, -0.2) is 12.2 Å². The predicted octanol–water partition coefficient (Wildman–Crippen LogP) is 3.83. The standard InChI is InChI=1S/C14H16F2O2/c15-13-11(17-9-3-1-4-9)7-8-12(14(13)16)18-10-5-2-6-10/h7-10H,1-6H2. The number of hydrogen-bond acceptors (Lipinski definition) is 2. The molecule has 1 aromatic carbocycles. The second kappa shape index (κ2) is 4.75. The minimum absolute atomic E-state index is 0.00170. The van der Waals surface area contributed by atoms with Crippen molar-refractivity contribution < 1.29 is 18.3 Å². The molecular formula is C14H16F2O2. The lowest BCUT2D eigenvalue weighted by Crippen LogP contribution is -2.26. The lowest BCUT2D eigenvalue weighted by atomic mass is 9.96. The molecule has 18 heavy (non-hydrogen) atoms. The third-order valence-corrected chi connectivity index (χ3v) is 3.70. The molecule has 0 atom stereocenters. The quantitative estimate of drug-likeness (QED) is 0.813. The predicted molar refractivity (Wildman–Crippen MR) is 62.9 cm³/mol. The molecule has 0 saturated heterocycles. The summed E-state index contributed by atoms with van der Waals surface area (Å²) in [6.45, 7) is 0. The van der Waals surface area contributed by atoms with Crippen molar-refractivity contribution in [2.45, 2.75) is 50.7 Å². The number of halogens is 2. The molecule has 2 saturated carbocycles. The van der Waals surface area contributed by atoms with Crippen LogP contribution >= 0.6 is 0 Å². The zero-order chi connectivity index (χ0) is 12.5. The van der Waals surface area contributed by atoms with Crippen molar-refractivity contribution in [3.05, 3.63) is 23.8 Å². The number of ether oxygens (including phenoxy) is 2. The van der Waals surface area contributed by atoms with Crippen molar-refractivity contribution >= 4 is 0 Å². The van der Waals surface area contributed by atoms with Gasteiger partial charge in [0.25, 0.3) is 0 Å². The normalized spacial score (nSPS) is 20.1. The maximum absolute atomic E-state index is 13.8. The Morgan fingerprint density at radius 1 is 0.778 bits per heavy atom. The molecule has 2 aliphatic rings. The van der Waals surface area contributed by atoms with Crippen molar-refractivity contribution in [2.24, 2.45) is 0 Å². The van der Waals surface area contributed by atoms with Crippen LogP contribution < -0.4 is 9.47 Å². The van der Waals surface area contributed by atoms with E-state index in [1.807, 2.05) is 0 Å². The fraction of sp³-hybridized carbons (Fsp3) is 0.571. The van der Waals surface area contributed by atoms with Gasteiger partial charge in [-0.1, -0.05) is 0 Å². The average molecular weight is 254 g/mol. The highest BCUT2D eigenvalue weighted by Gasteiger charge is 2.25. The average Bonchev–Trinajstić information content (AvgIpc) is 2.25. The Morgan fingerprint density at radius 2 is 1.17 bits per heavy atom. The summed E-state index contributed by atoms with van der Waals surface area (Å²) in [7, 11) is 0. The number of benzene rings is 1. The molecule has 0 radical (unpaired) electrons. The van der Waals surface area contributed by atoms with Gasteiger partial charge in [-0.15, -0.1) is 0 Å². The Hall–Kier alpha value is -1.32. The van der Waals surface area contributed by atoms with Gasteiger partial charge >= 0.3 is 0 Å². The molecule has 98 valence electrons. The van der Waals surface area contributed by atoms with Crippen LogP contribution in [0, 0.1) is 11.6 Å². The van der Waals surface area contributed by atoms with Gasteiger partial charge < -0.3 is 9.47 Å². The van der Waals surface area contributed by atoms with E-state index in [0.29, 0.717) is 0 Å². The largest absolute Gasteiger partial charge is 0.487 e. The molecule has 2 nitrogen and oxygen atoms in total. The fourth-order valence-corrected chi connectivity index (χ4v) is 2.03. The van der Waals surface area contributed by atoms with Crippen LogP contribution in [0.2, 0.25) is 0 Å². The number of rotatable bonds is 4. The SMILES string of the molecule is Fc1c(OC2CCC2)ccc(OC2CCC2)c1F. The van der Waals surface area contributed by atoms with Gasteiger partial charge in [-0.2, -0.15) is 8.78 Å². The van der Waals surface area contributed by atoms with E-state index in [2.05, 4.69) is 0 Å². The first-order chi connectivity index (χ1) is 8.74. The van der Waals surface area contributed by atoms with Crippen LogP contribution in [0.25, 0.3) is 0 Å². The summed E-state index contributed by atoms with van der Waals surface area (Å²) in [4.78, 5) is 0. The smallest absolute Gasteiger partial charge is 0.204 e. The Balaban J connectivity index is 1.73. The Kier molecular flexibility index (Phi) is 3.10. The van der Waals surface area contributed by atoms with Gasteiger partial charge in [0.15, 0.2) is 11.5 Å². The third-order valence-electron chi connectivity index (χ3n) is 3.70. The maximum atomic E-state index is 13.8. The first kappa shape index (κ1) is 11.8. The molecule has 0 unspecified atom stereocenters. The molecule has 3 rings (SSSR count). The Morgan fingerprint density at radius 3 is 1.44 bits per heavy atom. The van der Waals surface area contributed by atoms with Crippen LogP contribution in [0.15, 0.2) is 12.1 Å². The van der Waals surface area contributed by atoms with Gasteiger partial charge in [0.05, 0.1) is 12.2 Å². The van der Waals surface area contributed by atoms with Crippen molar-refractivity contribution in [3.63, 3.8) is 0 Å². The molecule has 4 heteroatoms. The zero-order valence-electron chi connectivity index (χ0n) is 10.1. The zero-order valence-corrected chi connectivity index (χ0v) is 10.1. The molecule has 2 aliphatic carbocycles. The van der Waals surface area contributed by atoms with Crippen molar-refractivity contribution in [1.82, 2.24) is 0 Å². The van der Waals surface area contributed by atoms with Crippen molar-refractivity contribution in [2.75, 3.05) is 0 Å². The van der Waals surface area contributed by atoms with Crippen LogP contribution in [0.3, 0.4) is 0 Å². The highest BCUT2D eigenvalue weighted by atomic mass is 19.2. The van der Waals surface area contributed by atoms with E-state index in [1.54, 1.807) is 0 Å².